The van der Waals surface area contributed by atoms with E-state index in [1.807, 2.05) is 26.8 Å². The Kier molecular flexibility index (Phi) is 1.93. The predicted octanol–water partition coefficient (Wildman–Crippen LogP) is 2.76. The lowest BCUT2D eigenvalue weighted by Crippen LogP contribution is -2.22. The lowest BCUT2D eigenvalue weighted by atomic mass is 9.82. The highest BCUT2D eigenvalue weighted by Crippen LogP contribution is 2.48. The van der Waals surface area contributed by atoms with Crippen molar-refractivity contribution in [2.24, 2.45) is 0 Å². The van der Waals surface area contributed by atoms with Gasteiger partial charge in [0.25, 0.3) is 0 Å². The highest BCUT2D eigenvalue weighted by molar-refractivity contribution is 6.52. The maximum atomic E-state index is 12.0. The van der Waals surface area contributed by atoms with Gasteiger partial charge in [0.2, 0.25) is 11.6 Å². The van der Waals surface area contributed by atoms with Gasteiger partial charge in [0.05, 0.1) is 0 Å². The van der Waals surface area contributed by atoms with E-state index in [0.29, 0.717) is 16.9 Å². The SMILES string of the molecule is CC1=C2OC(C)(C)c3c(C)ccc(c32)C(=O)C1=O. The number of rotatable bonds is 0. The molecule has 0 amide bonds. The summed E-state index contributed by atoms with van der Waals surface area (Å²) in [5.74, 6) is -0.294. The minimum absolute atomic E-state index is 0.421. The Bertz CT molecular complexity index is 648. The molecule has 1 aromatic carbocycles. The predicted molar refractivity (Wildman–Crippen MR) is 67.2 cm³/mol. The van der Waals surface area contributed by atoms with Crippen LogP contribution in [0, 0.1) is 6.92 Å². The van der Waals surface area contributed by atoms with Crippen LogP contribution >= 0.6 is 0 Å². The highest BCUT2D eigenvalue weighted by atomic mass is 16.5. The van der Waals surface area contributed by atoms with Crippen molar-refractivity contribution in [1.82, 2.24) is 0 Å². The van der Waals surface area contributed by atoms with Gasteiger partial charge in [0.1, 0.15) is 11.4 Å². The molecule has 3 rings (SSSR count). The molecular formula is C15H14O3. The summed E-state index contributed by atoms with van der Waals surface area (Å²) in [7, 11) is 0. The summed E-state index contributed by atoms with van der Waals surface area (Å²) < 4.78 is 5.92. The van der Waals surface area contributed by atoms with Crippen molar-refractivity contribution in [2.75, 3.05) is 0 Å². The van der Waals surface area contributed by atoms with Gasteiger partial charge < -0.3 is 4.74 Å². The Balaban J connectivity index is 2.48. The topological polar surface area (TPSA) is 43.4 Å². The summed E-state index contributed by atoms with van der Waals surface area (Å²) in [5, 5.41) is 0. The quantitative estimate of drug-likeness (QED) is 0.657. The van der Waals surface area contributed by atoms with Gasteiger partial charge >= 0.3 is 0 Å². The normalized spacial score (nSPS) is 20.0. The van der Waals surface area contributed by atoms with Gasteiger partial charge in [-0.2, -0.15) is 0 Å². The van der Waals surface area contributed by atoms with E-state index in [1.54, 1.807) is 13.0 Å². The van der Waals surface area contributed by atoms with Crippen molar-refractivity contribution in [3.63, 3.8) is 0 Å². The number of hydrogen-bond acceptors (Lipinski definition) is 3. The van der Waals surface area contributed by atoms with Crippen LogP contribution < -0.4 is 0 Å². The molecule has 92 valence electrons. The fourth-order valence-corrected chi connectivity index (χ4v) is 2.92. The van der Waals surface area contributed by atoms with E-state index in [9.17, 15) is 9.59 Å². The molecule has 0 saturated carbocycles. The molecule has 0 aromatic heterocycles. The number of allylic oxidation sites excluding steroid dienone is 1. The van der Waals surface area contributed by atoms with Crippen LogP contribution in [0.3, 0.4) is 0 Å². The summed E-state index contributed by atoms with van der Waals surface area (Å²) in [6.07, 6.45) is 0. The fraction of sp³-hybridized carbons (Fsp3) is 0.333. The largest absolute Gasteiger partial charge is 0.482 e. The monoisotopic (exact) mass is 242 g/mol. The molecule has 2 aliphatic rings. The van der Waals surface area contributed by atoms with E-state index >= 15 is 0 Å². The molecule has 0 atom stereocenters. The number of carbonyl (C=O) groups excluding carboxylic acids is 2. The van der Waals surface area contributed by atoms with Gasteiger partial charge in [-0.3, -0.25) is 9.59 Å². The first-order valence-electron chi connectivity index (χ1n) is 5.98. The third kappa shape index (κ3) is 1.14. The van der Waals surface area contributed by atoms with Gasteiger partial charge in [0, 0.05) is 22.3 Å². The molecule has 0 bridgehead atoms. The van der Waals surface area contributed by atoms with E-state index < -0.39 is 17.2 Å². The van der Waals surface area contributed by atoms with Crippen molar-refractivity contribution in [2.45, 2.75) is 33.3 Å². The summed E-state index contributed by atoms with van der Waals surface area (Å²) in [5.41, 5.74) is 3.34. The smallest absolute Gasteiger partial charge is 0.234 e. The van der Waals surface area contributed by atoms with E-state index in [-0.39, 0.29) is 0 Å². The third-order valence-electron chi connectivity index (χ3n) is 3.73. The van der Waals surface area contributed by atoms with Crippen LogP contribution in [-0.4, -0.2) is 11.6 Å². The first-order valence-corrected chi connectivity index (χ1v) is 5.98. The Morgan fingerprint density at radius 1 is 1.06 bits per heavy atom. The van der Waals surface area contributed by atoms with Gasteiger partial charge in [0.15, 0.2) is 0 Å². The minimum atomic E-state index is -0.489. The molecule has 1 aliphatic heterocycles. The summed E-state index contributed by atoms with van der Waals surface area (Å²) in [6, 6.07) is 3.61. The second-order valence-corrected chi connectivity index (χ2v) is 5.40. The first-order chi connectivity index (χ1) is 8.34. The molecule has 0 fully saturated rings. The number of carbonyl (C=O) groups is 2. The van der Waals surface area contributed by atoms with Crippen molar-refractivity contribution in [3.8, 4) is 0 Å². The lowest BCUT2D eigenvalue weighted by Gasteiger charge is -2.20. The number of ketones is 2. The molecule has 1 aliphatic carbocycles. The van der Waals surface area contributed by atoms with Gasteiger partial charge in [-0.1, -0.05) is 6.07 Å². The molecule has 0 unspecified atom stereocenters. The van der Waals surface area contributed by atoms with E-state index in [4.69, 9.17) is 4.74 Å². The van der Waals surface area contributed by atoms with Gasteiger partial charge in [-0.05, 0) is 39.3 Å². The lowest BCUT2D eigenvalue weighted by molar-refractivity contribution is -0.112. The number of hydrogen-bond donors (Lipinski definition) is 0. The van der Waals surface area contributed by atoms with Crippen LogP contribution in [0.1, 0.15) is 47.8 Å². The van der Waals surface area contributed by atoms with Crippen LogP contribution in [0.25, 0.3) is 5.76 Å². The van der Waals surface area contributed by atoms with E-state index in [0.717, 1.165) is 16.7 Å². The van der Waals surface area contributed by atoms with Crippen LogP contribution in [0.5, 0.6) is 0 Å². The summed E-state index contributed by atoms with van der Waals surface area (Å²) >= 11 is 0. The summed E-state index contributed by atoms with van der Waals surface area (Å²) in [6.45, 7) is 7.58. The first kappa shape index (κ1) is 11.2. The van der Waals surface area contributed by atoms with Crippen LogP contribution in [-0.2, 0) is 15.1 Å². The molecule has 3 heteroatoms. The Hall–Kier alpha value is -1.90. The molecule has 3 nitrogen and oxygen atoms in total. The van der Waals surface area contributed by atoms with E-state index in [2.05, 4.69) is 0 Å². The Morgan fingerprint density at radius 2 is 1.72 bits per heavy atom. The third-order valence-corrected chi connectivity index (χ3v) is 3.73. The zero-order chi connectivity index (χ0) is 13.2. The maximum absolute atomic E-state index is 12.0. The number of benzene rings is 1. The highest BCUT2D eigenvalue weighted by Gasteiger charge is 2.44. The fourth-order valence-electron chi connectivity index (χ4n) is 2.92. The zero-order valence-electron chi connectivity index (χ0n) is 10.9. The second kappa shape index (κ2) is 3.10. The van der Waals surface area contributed by atoms with E-state index in [1.165, 1.54) is 0 Å². The molecule has 1 aromatic rings. The zero-order valence-corrected chi connectivity index (χ0v) is 10.9. The molecule has 18 heavy (non-hydrogen) atoms. The van der Waals surface area contributed by atoms with Crippen molar-refractivity contribution < 1.29 is 14.3 Å². The van der Waals surface area contributed by atoms with Crippen molar-refractivity contribution in [1.29, 1.82) is 0 Å². The van der Waals surface area contributed by atoms with Crippen LogP contribution in [0.4, 0.5) is 0 Å². The molecule has 0 radical (unpaired) electrons. The number of aryl methyl sites for hydroxylation is 1. The molecule has 1 heterocycles. The van der Waals surface area contributed by atoms with Crippen LogP contribution in [0.2, 0.25) is 0 Å². The minimum Gasteiger partial charge on any atom is -0.482 e. The molecule has 0 spiro atoms. The average molecular weight is 242 g/mol. The maximum Gasteiger partial charge on any atom is 0.234 e. The average Bonchev–Trinajstić information content (AvgIpc) is 2.59. The standard InChI is InChI=1S/C15H14O3/c1-7-5-6-9-10-11(7)15(3,4)18-14(10)8(2)12(16)13(9)17/h5-6H,1-4H3. The van der Waals surface area contributed by atoms with Crippen LogP contribution in [0.15, 0.2) is 17.7 Å². The van der Waals surface area contributed by atoms with Crippen molar-refractivity contribution in [3.05, 3.63) is 40.0 Å². The Labute approximate surface area is 105 Å². The number of ether oxygens (including phenoxy) is 1. The van der Waals surface area contributed by atoms with Gasteiger partial charge in [-0.15, -0.1) is 0 Å². The molecular weight excluding hydrogens is 228 g/mol. The molecule has 0 N–H and O–H groups in total. The number of Topliss-reactive ketones (excluding diaryl/α,β-unsaturated/α-hetero) is 2. The Morgan fingerprint density at radius 3 is 2.39 bits per heavy atom. The van der Waals surface area contributed by atoms with Crippen molar-refractivity contribution >= 4 is 17.3 Å². The molecule has 0 saturated heterocycles. The summed E-state index contributed by atoms with van der Waals surface area (Å²) in [4.78, 5) is 23.9. The second-order valence-electron chi connectivity index (χ2n) is 5.40. The van der Waals surface area contributed by atoms with Gasteiger partial charge in [-0.25, -0.2) is 0 Å².